The summed E-state index contributed by atoms with van der Waals surface area (Å²) in [4.78, 5) is 6.95. The van der Waals surface area contributed by atoms with Crippen molar-refractivity contribution in [2.24, 2.45) is 4.99 Å². The van der Waals surface area contributed by atoms with Crippen molar-refractivity contribution in [3.8, 4) is 0 Å². The normalized spacial score (nSPS) is 22.9. The molecule has 1 aromatic rings. The van der Waals surface area contributed by atoms with E-state index in [1.165, 1.54) is 5.56 Å². The number of benzene rings is 1. The number of hydrogen-bond acceptors (Lipinski definition) is 3. The van der Waals surface area contributed by atoms with E-state index in [4.69, 9.17) is 16.3 Å². The minimum atomic E-state index is -0.00735. The van der Waals surface area contributed by atoms with Crippen LogP contribution >= 0.6 is 23.4 Å². The van der Waals surface area contributed by atoms with Crippen molar-refractivity contribution < 1.29 is 4.74 Å². The maximum atomic E-state index is 6.57. The number of rotatable bonds is 3. The zero-order valence-corrected chi connectivity index (χ0v) is 17.6. The number of halogens is 1. The molecular formula is C20H30ClN3OS. The van der Waals surface area contributed by atoms with Gasteiger partial charge in [-0.3, -0.25) is 4.99 Å². The van der Waals surface area contributed by atoms with Gasteiger partial charge >= 0.3 is 0 Å². The van der Waals surface area contributed by atoms with Crippen LogP contribution in [0.3, 0.4) is 0 Å². The lowest BCUT2D eigenvalue weighted by Crippen LogP contribution is -2.54. The van der Waals surface area contributed by atoms with E-state index < -0.39 is 0 Å². The predicted molar refractivity (Wildman–Crippen MR) is 113 cm³/mol. The Balaban J connectivity index is 1.76. The molecule has 2 fully saturated rings. The summed E-state index contributed by atoms with van der Waals surface area (Å²) in [5, 5.41) is 4.51. The van der Waals surface area contributed by atoms with Crippen molar-refractivity contribution in [3.63, 3.8) is 0 Å². The summed E-state index contributed by atoms with van der Waals surface area (Å²) in [7, 11) is 1.88. The highest BCUT2D eigenvalue weighted by atomic mass is 35.5. The molecule has 2 saturated heterocycles. The Labute approximate surface area is 166 Å². The predicted octanol–water partition coefficient (Wildman–Crippen LogP) is 3.79. The Kier molecular flexibility index (Phi) is 6.41. The number of aliphatic imine (C=N–C) groups is 1. The number of ether oxygens (including phenoxy) is 1. The zero-order chi connectivity index (χ0) is 18.6. The number of hydrogen-bond donors (Lipinski definition) is 1. The van der Waals surface area contributed by atoms with E-state index in [9.17, 15) is 0 Å². The van der Waals surface area contributed by atoms with Gasteiger partial charge in [0.2, 0.25) is 0 Å². The molecule has 0 aromatic heterocycles. The molecule has 0 unspecified atom stereocenters. The van der Waals surface area contributed by atoms with Crippen LogP contribution in [0.15, 0.2) is 29.3 Å². The standard InChI is InChI=1S/C20H30ClN3OS/c1-19(2)15-24(10-13-26-19)18(22-3)23-14-20(8-11-25-12-9-20)16-6-4-5-7-17(16)21/h4-7H,8-15H2,1-3H3,(H,22,23). The van der Waals surface area contributed by atoms with Gasteiger partial charge in [-0.05, 0) is 38.3 Å². The summed E-state index contributed by atoms with van der Waals surface area (Å²) in [6.45, 7) is 9.05. The van der Waals surface area contributed by atoms with Crippen LogP contribution in [-0.4, -0.2) is 61.3 Å². The molecule has 3 rings (SSSR count). The molecule has 0 aliphatic carbocycles. The van der Waals surface area contributed by atoms with Crippen molar-refractivity contribution in [1.82, 2.24) is 10.2 Å². The van der Waals surface area contributed by atoms with Gasteiger partial charge in [0.05, 0.1) is 0 Å². The molecule has 0 spiro atoms. The Morgan fingerprint density at radius 3 is 2.69 bits per heavy atom. The summed E-state index contributed by atoms with van der Waals surface area (Å²) in [5.74, 6) is 2.13. The van der Waals surface area contributed by atoms with Gasteiger partial charge < -0.3 is 15.0 Å². The second-order valence-corrected chi connectivity index (χ2v) is 10.0. The Morgan fingerprint density at radius 2 is 2.04 bits per heavy atom. The molecule has 0 amide bonds. The third kappa shape index (κ3) is 4.49. The first kappa shape index (κ1) is 19.8. The minimum absolute atomic E-state index is 0.00735. The number of guanidine groups is 1. The maximum Gasteiger partial charge on any atom is 0.193 e. The van der Waals surface area contributed by atoms with Crippen molar-refractivity contribution >= 4 is 29.3 Å². The van der Waals surface area contributed by atoms with Crippen LogP contribution in [0.25, 0.3) is 0 Å². The van der Waals surface area contributed by atoms with E-state index in [2.05, 4.69) is 41.2 Å². The molecule has 0 saturated carbocycles. The molecule has 6 heteroatoms. The van der Waals surface area contributed by atoms with Crippen LogP contribution < -0.4 is 5.32 Å². The Morgan fingerprint density at radius 1 is 1.31 bits per heavy atom. The molecule has 2 heterocycles. The second kappa shape index (κ2) is 8.41. The van der Waals surface area contributed by atoms with Gasteiger partial charge in [-0.2, -0.15) is 11.8 Å². The quantitative estimate of drug-likeness (QED) is 0.624. The summed E-state index contributed by atoms with van der Waals surface area (Å²) >= 11 is 8.61. The maximum absolute atomic E-state index is 6.57. The molecule has 0 atom stereocenters. The first-order valence-corrected chi connectivity index (χ1v) is 10.7. The molecule has 0 radical (unpaired) electrons. The lowest BCUT2D eigenvalue weighted by molar-refractivity contribution is 0.0512. The van der Waals surface area contributed by atoms with Crippen LogP contribution in [0.2, 0.25) is 5.02 Å². The van der Waals surface area contributed by atoms with Gasteiger partial charge in [0.15, 0.2) is 5.96 Å². The van der Waals surface area contributed by atoms with E-state index in [0.717, 1.165) is 62.4 Å². The first-order valence-electron chi connectivity index (χ1n) is 9.38. The second-order valence-electron chi connectivity index (χ2n) is 7.80. The molecule has 26 heavy (non-hydrogen) atoms. The smallest absolute Gasteiger partial charge is 0.193 e. The fourth-order valence-electron chi connectivity index (χ4n) is 3.97. The van der Waals surface area contributed by atoms with Crippen molar-refractivity contribution in [3.05, 3.63) is 34.9 Å². The largest absolute Gasteiger partial charge is 0.381 e. The minimum Gasteiger partial charge on any atom is -0.381 e. The highest BCUT2D eigenvalue weighted by Gasteiger charge is 2.37. The van der Waals surface area contributed by atoms with Gasteiger partial charge in [0, 0.05) is 60.8 Å². The van der Waals surface area contributed by atoms with E-state index in [-0.39, 0.29) is 10.2 Å². The van der Waals surface area contributed by atoms with Crippen LogP contribution in [0.4, 0.5) is 0 Å². The fourth-order valence-corrected chi connectivity index (χ4v) is 5.42. The molecule has 2 aliphatic rings. The molecular weight excluding hydrogens is 366 g/mol. The van der Waals surface area contributed by atoms with E-state index >= 15 is 0 Å². The van der Waals surface area contributed by atoms with Gasteiger partial charge in [-0.15, -0.1) is 0 Å². The van der Waals surface area contributed by atoms with Crippen LogP contribution in [0, 0.1) is 0 Å². The molecule has 0 bridgehead atoms. The number of nitrogens with zero attached hydrogens (tertiary/aromatic N) is 2. The first-order chi connectivity index (χ1) is 12.5. The van der Waals surface area contributed by atoms with E-state index in [1.54, 1.807) is 0 Å². The highest BCUT2D eigenvalue weighted by Crippen LogP contribution is 2.38. The molecule has 1 aromatic carbocycles. The Bertz CT molecular complexity index is 644. The van der Waals surface area contributed by atoms with Gasteiger partial charge in [-0.1, -0.05) is 29.8 Å². The van der Waals surface area contributed by atoms with Gasteiger partial charge in [0.25, 0.3) is 0 Å². The van der Waals surface area contributed by atoms with E-state index in [1.807, 2.05) is 30.9 Å². The molecule has 2 aliphatic heterocycles. The zero-order valence-electron chi connectivity index (χ0n) is 16.1. The van der Waals surface area contributed by atoms with E-state index in [0.29, 0.717) is 0 Å². The lowest BCUT2D eigenvalue weighted by atomic mass is 9.74. The molecule has 1 N–H and O–H groups in total. The number of thioether (sulfide) groups is 1. The Hall–Kier alpha value is -0.910. The van der Waals surface area contributed by atoms with Crippen molar-refractivity contribution in [2.75, 3.05) is 45.6 Å². The summed E-state index contributed by atoms with van der Waals surface area (Å²) in [6.07, 6.45) is 1.95. The average molecular weight is 396 g/mol. The fraction of sp³-hybridized carbons (Fsp3) is 0.650. The topological polar surface area (TPSA) is 36.9 Å². The SMILES string of the molecule is CN=C(NCC1(c2ccccc2Cl)CCOCC1)N1CCSC(C)(C)C1. The summed E-state index contributed by atoms with van der Waals surface area (Å²) in [6, 6.07) is 8.24. The molecule has 144 valence electrons. The van der Waals surface area contributed by atoms with Gasteiger partial charge in [0.1, 0.15) is 0 Å². The van der Waals surface area contributed by atoms with Crippen molar-refractivity contribution in [1.29, 1.82) is 0 Å². The number of nitrogens with one attached hydrogen (secondary N) is 1. The highest BCUT2D eigenvalue weighted by molar-refractivity contribution is 8.00. The summed E-state index contributed by atoms with van der Waals surface area (Å²) in [5.41, 5.74) is 1.22. The van der Waals surface area contributed by atoms with Crippen LogP contribution in [0.1, 0.15) is 32.3 Å². The van der Waals surface area contributed by atoms with Crippen LogP contribution in [-0.2, 0) is 10.2 Å². The van der Waals surface area contributed by atoms with Crippen LogP contribution in [0.5, 0.6) is 0 Å². The average Bonchev–Trinajstić information content (AvgIpc) is 2.62. The molecule has 4 nitrogen and oxygen atoms in total. The summed E-state index contributed by atoms with van der Waals surface area (Å²) < 4.78 is 5.91. The third-order valence-electron chi connectivity index (χ3n) is 5.42. The third-order valence-corrected chi connectivity index (χ3v) is 7.04. The lowest BCUT2D eigenvalue weighted by Gasteiger charge is -2.42. The van der Waals surface area contributed by atoms with Crippen molar-refractivity contribution in [2.45, 2.75) is 36.9 Å². The monoisotopic (exact) mass is 395 g/mol. The van der Waals surface area contributed by atoms with Gasteiger partial charge in [-0.25, -0.2) is 0 Å².